The van der Waals surface area contributed by atoms with Gasteiger partial charge in [-0.15, -0.1) is 0 Å². The van der Waals surface area contributed by atoms with Crippen LogP contribution in [0.1, 0.15) is 13.8 Å². The van der Waals surface area contributed by atoms with E-state index < -0.39 is 14.1 Å². The minimum atomic E-state index is -4.43. The van der Waals surface area contributed by atoms with Crippen LogP contribution in [0.2, 0.25) is 0 Å². The van der Waals surface area contributed by atoms with Gasteiger partial charge >= 0.3 is 37.4 Å². The van der Waals surface area contributed by atoms with Crippen LogP contribution in [0, 0.1) is 0 Å². The topological polar surface area (TPSA) is 85.2 Å². The van der Waals surface area contributed by atoms with Crippen LogP contribution in [0.5, 0.6) is 0 Å². The van der Waals surface area contributed by atoms with Crippen LogP contribution in [-0.2, 0) is 18.6 Å². The molecule has 0 saturated heterocycles. The van der Waals surface area contributed by atoms with Crippen LogP contribution >= 0.6 is 7.82 Å². The summed E-state index contributed by atoms with van der Waals surface area (Å²) in [6.45, 7) is 4.03. The summed E-state index contributed by atoms with van der Waals surface area (Å²) in [7, 11) is -4.43. The minimum absolute atomic E-state index is 0. The number of rotatable bonds is 7. The fourth-order valence-corrected chi connectivity index (χ4v) is 0.990. The van der Waals surface area contributed by atoms with Gasteiger partial charge in [-0.25, -0.2) is 4.57 Å². The van der Waals surface area contributed by atoms with E-state index in [0.29, 0.717) is 13.2 Å². The van der Waals surface area contributed by atoms with Gasteiger partial charge in [0.1, 0.15) is 6.61 Å². The van der Waals surface area contributed by atoms with Gasteiger partial charge in [-0.05, 0) is 13.8 Å². The van der Waals surface area contributed by atoms with Gasteiger partial charge < -0.3 is 19.3 Å². The van der Waals surface area contributed by atoms with Gasteiger partial charge in [0.2, 0.25) is 0 Å². The second-order valence-corrected chi connectivity index (χ2v) is 3.37. The van der Waals surface area contributed by atoms with Crippen LogP contribution in [0.4, 0.5) is 0 Å². The molecule has 14 heavy (non-hydrogen) atoms. The van der Waals surface area contributed by atoms with Gasteiger partial charge in [-0.3, -0.25) is 4.52 Å². The third-order valence-corrected chi connectivity index (χ3v) is 1.57. The first-order valence-electron chi connectivity index (χ1n) is 3.93. The van der Waals surface area contributed by atoms with Crippen molar-refractivity contribution in [2.24, 2.45) is 0 Å². The molecule has 0 aromatic rings. The Labute approximate surface area is 105 Å². The predicted octanol–water partition coefficient (Wildman–Crippen LogP) is -0.154. The molecule has 0 aromatic carbocycles. The Hall–Kier alpha value is 1.03. The molecule has 0 radical (unpaired) electrons. The predicted molar refractivity (Wildman–Crippen MR) is 52.2 cm³/mol. The van der Waals surface area contributed by atoms with Crippen molar-refractivity contribution in [2.75, 3.05) is 19.8 Å². The third kappa shape index (κ3) is 11.1. The summed E-state index contributed by atoms with van der Waals surface area (Å²) in [6, 6.07) is 0. The molecular weight excluding hydrogens is 222 g/mol. The molecule has 8 heteroatoms. The van der Waals surface area contributed by atoms with E-state index in [1.807, 2.05) is 0 Å². The maximum atomic E-state index is 10.3. The molecule has 0 amide bonds. The molecule has 0 atom stereocenters. The van der Waals surface area contributed by atoms with Crippen LogP contribution in [0.3, 0.4) is 0 Å². The number of phosphoric acid groups is 1. The van der Waals surface area contributed by atoms with Crippen molar-refractivity contribution in [3.63, 3.8) is 0 Å². The van der Waals surface area contributed by atoms with Gasteiger partial charge in [-0.1, -0.05) is 0 Å². The molecule has 0 unspecified atom stereocenters. The molecule has 0 fully saturated rings. The molecule has 0 saturated carbocycles. The number of phosphoric ester groups is 1. The molecule has 0 aliphatic rings. The number of hydrogen-bond donors (Lipinski definition) is 2. The summed E-state index contributed by atoms with van der Waals surface area (Å²) < 4.78 is 24.5. The zero-order valence-corrected chi connectivity index (χ0v) is 8.57. The maximum absolute atomic E-state index is 10.3. The standard InChI is InChI=1S/C6H15O6P.Na.H/c1-3-10-6(11-4-2)5-12-13(7,8)9;;/h6H,3-5H2,1-2H3,(H2,7,8,9);;. The SMILES string of the molecule is CCOC(COP(=O)(O)O)OCC.[NaH]. The summed E-state index contributed by atoms with van der Waals surface area (Å²) >= 11 is 0. The Morgan fingerprint density at radius 2 is 1.64 bits per heavy atom. The van der Waals surface area contributed by atoms with E-state index in [0.717, 1.165) is 0 Å². The van der Waals surface area contributed by atoms with Crippen molar-refractivity contribution in [3.05, 3.63) is 0 Å². The average Bonchev–Trinajstić information content (AvgIpc) is 2.00. The molecule has 82 valence electrons. The van der Waals surface area contributed by atoms with Gasteiger partial charge in [0.05, 0.1) is 0 Å². The summed E-state index contributed by atoms with van der Waals surface area (Å²) in [5.41, 5.74) is 0. The average molecular weight is 238 g/mol. The van der Waals surface area contributed by atoms with Crippen LogP contribution in [0.25, 0.3) is 0 Å². The molecule has 0 rings (SSSR count). The van der Waals surface area contributed by atoms with Crippen LogP contribution in [-0.4, -0.2) is 65.5 Å². The zero-order valence-electron chi connectivity index (χ0n) is 7.67. The second kappa shape index (κ2) is 9.27. The van der Waals surface area contributed by atoms with Crippen LogP contribution < -0.4 is 0 Å². The molecule has 0 aliphatic carbocycles. The Kier molecular flexibility index (Phi) is 11.5. The van der Waals surface area contributed by atoms with Crippen molar-refractivity contribution in [2.45, 2.75) is 20.1 Å². The fraction of sp³-hybridized carbons (Fsp3) is 1.00. The summed E-state index contributed by atoms with van der Waals surface area (Å²) in [5, 5.41) is 0. The van der Waals surface area contributed by atoms with E-state index in [1.165, 1.54) is 0 Å². The molecule has 0 spiro atoms. The summed E-state index contributed by atoms with van der Waals surface area (Å²) in [4.78, 5) is 16.8. The third-order valence-electron chi connectivity index (χ3n) is 1.08. The van der Waals surface area contributed by atoms with E-state index >= 15 is 0 Å². The Bertz CT molecular complexity index is 166. The van der Waals surface area contributed by atoms with E-state index in [1.54, 1.807) is 13.8 Å². The van der Waals surface area contributed by atoms with Crippen molar-refractivity contribution in [1.29, 1.82) is 0 Å². The Balaban J connectivity index is 0. The normalized spacial score (nSPS) is 11.5. The van der Waals surface area contributed by atoms with Gasteiger partial charge in [0.25, 0.3) is 0 Å². The Morgan fingerprint density at radius 3 is 1.93 bits per heavy atom. The Morgan fingerprint density at radius 1 is 1.21 bits per heavy atom. The first-order valence-corrected chi connectivity index (χ1v) is 5.46. The van der Waals surface area contributed by atoms with Crippen molar-refractivity contribution in [1.82, 2.24) is 0 Å². The van der Waals surface area contributed by atoms with Gasteiger partial charge in [-0.2, -0.15) is 0 Å². The van der Waals surface area contributed by atoms with Crippen molar-refractivity contribution < 1.29 is 28.3 Å². The molecule has 0 aliphatic heterocycles. The van der Waals surface area contributed by atoms with Crippen LogP contribution in [0.15, 0.2) is 0 Å². The molecule has 6 nitrogen and oxygen atoms in total. The fourth-order valence-electron chi connectivity index (χ4n) is 0.674. The van der Waals surface area contributed by atoms with Crippen molar-refractivity contribution in [3.8, 4) is 0 Å². The molecule has 0 heterocycles. The zero-order chi connectivity index (χ0) is 10.3. The monoisotopic (exact) mass is 238 g/mol. The molecule has 2 N–H and O–H groups in total. The number of ether oxygens (including phenoxy) is 2. The second-order valence-electron chi connectivity index (χ2n) is 2.13. The van der Waals surface area contributed by atoms with Gasteiger partial charge in [0.15, 0.2) is 6.29 Å². The first kappa shape index (κ1) is 17.4. The molecule has 0 bridgehead atoms. The van der Waals surface area contributed by atoms with E-state index in [2.05, 4.69) is 4.52 Å². The first-order chi connectivity index (χ1) is 5.99. The summed E-state index contributed by atoms with van der Waals surface area (Å²) in [5.74, 6) is 0. The molecular formula is C6H16NaO6P. The molecule has 0 aromatic heterocycles. The quantitative estimate of drug-likeness (QED) is 0.364. The van der Waals surface area contributed by atoms with Gasteiger partial charge in [0, 0.05) is 13.2 Å². The summed E-state index contributed by atoms with van der Waals surface area (Å²) in [6.07, 6.45) is -0.720. The van der Waals surface area contributed by atoms with Crippen molar-refractivity contribution >= 4 is 37.4 Å². The van der Waals surface area contributed by atoms with E-state index in [-0.39, 0.29) is 36.2 Å². The van der Waals surface area contributed by atoms with E-state index in [9.17, 15) is 4.57 Å². The van der Waals surface area contributed by atoms with E-state index in [4.69, 9.17) is 19.3 Å². The number of hydrogen-bond acceptors (Lipinski definition) is 4.